The molecular formula is C14H17N3S2. The lowest BCUT2D eigenvalue weighted by molar-refractivity contribution is 0.929. The second kappa shape index (κ2) is 6.39. The molecule has 19 heavy (non-hydrogen) atoms. The Balaban J connectivity index is 1.38. The predicted molar refractivity (Wildman–Crippen MR) is 82.0 cm³/mol. The molecule has 1 saturated carbocycles. The van der Waals surface area contributed by atoms with E-state index in [9.17, 15) is 0 Å². The molecule has 0 unspecified atom stereocenters. The van der Waals surface area contributed by atoms with Gasteiger partial charge in [-0.15, -0.1) is 10.2 Å². The fraction of sp³-hybridized carbons (Fsp3) is 0.429. The summed E-state index contributed by atoms with van der Waals surface area (Å²) < 4.78 is 1.08. The van der Waals surface area contributed by atoms with Crippen LogP contribution in [0.15, 0.2) is 34.7 Å². The number of nitrogens with one attached hydrogen (secondary N) is 1. The number of anilines is 1. The first-order chi connectivity index (χ1) is 9.40. The number of aryl methyl sites for hydroxylation is 1. The van der Waals surface area contributed by atoms with Crippen LogP contribution in [0.2, 0.25) is 0 Å². The molecule has 1 aliphatic rings. The van der Waals surface area contributed by atoms with Crippen LogP contribution in [0.4, 0.5) is 5.13 Å². The standard InChI is InChI=1S/C14H17N3S2/c1-2-5-11(6-3-1)7-4-10-18-14-17-16-13(19-14)15-12-8-9-12/h1-3,5-6,12H,4,7-10H2,(H,15,16). The summed E-state index contributed by atoms with van der Waals surface area (Å²) in [6.45, 7) is 0. The molecule has 100 valence electrons. The summed E-state index contributed by atoms with van der Waals surface area (Å²) in [5.41, 5.74) is 1.41. The van der Waals surface area contributed by atoms with Crippen molar-refractivity contribution in [2.24, 2.45) is 0 Å². The number of thioether (sulfide) groups is 1. The number of aromatic nitrogens is 2. The predicted octanol–water partition coefficient (Wildman–Crippen LogP) is 3.84. The van der Waals surface area contributed by atoms with Crippen molar-refractivity contribution in [3.8, 4) is 0 Å². The monoisotopic (exact) mass is 291 g/mol. The summed E-state index contributed by atoms with van der Waals surface area (Å²) in [7, 11) is 0. The Bertz CT molecular complexity index is 508. The third-order valence-corrected chi connectivity index (χ3v) is 5.06. The summed E-state index contributed by atoms with van der Waals surface area (Å²) in [5.74, 6) is 1.10. The molecule has 0 saturated heterocycles. The third kappa shape index (κ3) is 4.21. The number of benzene rings is 1. The molecule has 1 fully saturated rings. The van der Waals surface area contributed by atoms with E-state index in [1.807, 2.05) is 11.8 Å². The molecule has 2 aromatic rings. The summed E-state index contributed by atoms with van der Waals surface area (Å²) in [6, 6.07) is 11.3. The van der Waals surface area contributed by atoms with Crippen LogP contribution in [0.1, 0.15) is 24.8 Å². The Kier molecular flexibility index (Phi) is 4.35. The Morgan fingerprint density at radius 1 is 1.21 bits per heavy atom. The van der Waals surface area contributed by atoms with E-state index >= 15 is 0 Å². The van der Waals surface area contributed by atoms with Gasteiger partial charge in [0, 0.05) is 11.8 Å². The third-order valence-electron chi connectivity index (χ3n) is 2.99. The van der Waals surface area contributed by atoms with Crippen LogP contribution in [0.3, 0.4) is 0 Å². The maximum absolute atomic E-state index is 4.21. The van der Waals surface area contributed by atoms with Crippen LogP contribution in [0.5, 0.6) is 0 Å². The molecule has 0 atom stereocenters. The second-order valence-electron chi connectivity index (χ2n) is 4.73. The van der Waals surface area contributed by atoms with Crippen molar-refractivity contribution in [1.29, 1.82) is 0 Å². The van der Waals surface area contributed by atoms with Gasteiger partial charge in [-0.3, -0.25) is 0 Å². The van der Waals surface area contributed by atoms with E-state index in [4.69, 9.17) is 0 Å². The minimum Gasteiger partial charge on any atom is -0.357 e. The molecule has 1 N–H and O–H groups in total. The number of hydrogen-bond acceptors (Lipinski definition) is 5. The van der Waals surface area contributed by atoms with E-state index in [2.05, 4.69) is 45.8 Å². The van der Waals surface area contributed by atoms with E-state index in [1.54, 1.807) is 11.3 Å². The van der Waals surface area contributed by atoms with Crippen molar-refractivity contribution >= 4 is 28.2 Å². The normalized spacial score (nSPS) is 14.5. The maximum atomic E-state index is 4.21. The van der Waals surface area contributed by atoms with Gasteiger partial charge in [0.25, 0.3) is 0 Å². The smallest absolute Gasteiger partial charge is 0.206 e. The Morgan fingerprint density at radius 2 is 2.05 bits per heavy atom. The molecule has 1 heterocycles. The van der Waals surface area contributed by atoms with E-state index in [-0.39, 0.29) is 0 Å². The van der Waals surface area contributed by atoms with Crippen molar-refractivity contribution in [2.75, 3.05) is 11.1 Å². The van der Waals surface area contributed by atoms with Gasteiger partial charge in [-0.05, 0) is 31.2 Å². The van der Waals surface area contributed by atoms with Gasteiger partial charge in [0.15, 0.2) is 4.34 Å². The Morgan fingerprint density at radius 3 is 2.84 bits per heavy atom. The summed E-state index contributed by atoms with van der Waals surface area (Å²) in [5, 5.41) is 12.7. The molecule has 0 radical (unpaired) electrons. The fourth-order valence-corrected chi connectivity index (χ4v) is 3.65. The van der Waals surface area contributed by atoms with Gasteiger partial charge in [0.1, 0.15) is 0 Å². The van der Waals surface area contributed by atoms with Crippen LogP contribution < -0.4 is 5.32 Å². The van der Waals surface area contributed by atoms with Gasteiger partial charge in [-0.2, -0.15) is 0 Å². The van der Waals surface area contributed by atoms with Gasteiger partial charge < -0.3 is 5.32 Å². The van der Waals surface area contributed by atoms with Crippen LogP contribution >= 0.6 is 23.1 Å². The first-order valence-electron chi connectivity index (χ1n) is 6.67. The molecule has 0 spiro atoms. The van der Waals surface area contributed by atoms with Gasteiger partial charge in [-0.25, -0.2) is 0 Å². The molecule has 0 amide bonds. The fourth-order valence-electron chi connectivity index (χ4n) is 1.81. The van der Waals surface area contributed by atoms with E-state index in [0.29, 0.717) is 6.04 Å². The van der Waals surface area contributed by atoms with Crippen molar-refractivity contribution in [3.05, 3.63) is 35.9 Å². The van der Waals surface area contributed by atoms with Crippen molar-refractivity contribution < 1.29 is 0 Å². The number of hydrogen-bond donors (Lipinski definition) is 1. The lowest BCUT2D eigenvalue weighted by Crippen LogP contribution is -1.99. The lowest BCUT2D eigenvalue weighted by Gasteiger charge is -1.99. The molecule has 1 aromatic carbocycles. The molecule has 3 rings (SSSR count). The highest BCUT2D eigenvalue weighted by molar-refractivity contribution is 8.01. The first-order valence-corrected chi connectivity index (χ1v) is 8.47. The molecule has 0 bridgehead atoms. The summed E-state index contributed by atoms with van der Waals surface area (Å²) in [6.07, 6.45) is 4.87. The molecule has 1 aromatic heterocycles. The van der Waals surface area contributed by atoms with Crippen LogP contribution in [-0.2, 0) is 6.42 Å². The van der Waals surface area contributed by atoms with Crippen LogP contribution in [0.25, 0.3) is 0 Å². The topological polar surface area (TPSA) is 37.8 Å². The maximum Gasteiger partial charge on any atom is 0.206 e. The minimum atomic E-state index is 0.656. The molecule has 3 nitrogen and oxygen atoms in total. The zero-order valence-corrected chi connectivity index (χ0v) is 12.3. The molecule has 1 aliphatic carbocycles. The van der Waals surface area contributed by atoms with Gasteiger partial charge >= 0.3 is 0 Å². The van der Waals surface area contributed by atoms with Gasteiger partial charge in [-0.1, -0.05) is 53.4 Å². The summed E-state index contributed by atoms with van der Waals surface area (Å²) in [4.78, 5) is 0. The van der Waals surface area contributed by atoms with E-state index in [1.165, 1.54) is 24.8 Å². The van der Waals surface area contributed by atoms with Crippen molar-refractivity contribution in [2.45, 2.75) is 36.1 Å². The SMILES string of the molecule is c1ccc(CCCSc2nnc(NC3CC3)s2)cc1. The highest BCUT2D eigenvalue weighted by Gasteiger charge is 2.22. The molecule has 0 aliphatic heterocycles. The van der Waals surface area contributed by atoms with Crippen molar-refractivity contribution in [3.63, 3.8) is 0 Å². The van der Waals surface area contributed by atoms with Crippen LogP contribution in [0, 0.1) is 0 Å². The van der Waals surface area contributed by atoms with E-state index < -0.39 is 0 Å². The van der Waals surface area contributed by atoms with Gasteiger partial charge in [0.05, 0.1) is 0 Å². The quantitative estimate of drug-likeness (QED) is 0.621. The zero-order chi connectivity index (χ0) is 12.9. The second-order valence-corrected chi connectivity index (χ2v) is 7.05. The average Bonchev–Trinajstić information content (AvgIpc) is 3.14. The van der Waals surface area contributed by atoms with E-state index in [0.717, 1.165) is 21.6 Å². The number of rotatable bonds is 7. The van der Waals surface area contributed by atoms with Crippen molar-refractivity contribution in [1.82, 2.24) is 10.2 Å². The van der Waals surface area contributed by atoms with Gasteiger partial charge in [0.2, 0.25) is 5.13 Å². The molecule has 5 heteroatoms. The zero-order valence-electron chi connectivity index (χ0n) is 10.7. The average molecular weight is 291 g/mol. The Hall–Kier alpha value is -1.07. The molecular weight excluding hydrogens is 274 g/mol. The highest BCUT2D eigenvalue weighted by Crippen LogP contribution is 2.30. The first kappa shape index (κ1) is 12.9. The van der Waals surface area contributed by atoms with Crippen LogP contribution in [-0.4, -0.2) is 22.0 Å². The largest absolute Gasteiger partial charge is 0.357 e. The number of nitrogens with zero attached hydrogens (tertiary/aromatic N) is 2. The summed E-state index contributed by atoms with van der Waals surface area (Å²) >= 11 is 3.49. The minimum absolute atomic E-state index is 0.656. The lowest BCUT2D eigenvalue weighted by atomic mass is 10.1. The highest BCUT2D eigenvalue weighted by atomic mass is 32.2. The Labute approximate surface area is 121 Å².